The Hall–Kier alpha value is -1.81. The molecule has 8 nitrogen and oxygen atoms in total. The van der Waals surface area contributed by atoms with Crippen LogP contribution in [0.25, 0.3) is 11.4 Å². The standard InChI is InChI=1S/C14H16BrN5O3S/c1-19(12-6-7-24(22,23)9-12)13(21)8-20-17-14(16-18-20)10-2-4-11(15)5-3-10/h2-5,12H,6-9H2,1H3/t12-/m1/s1. The van der Waals surface area contributed by atoms with Crippen LogP contribution in [-0.4, -0.2) is 64.0 Å². The highest BCUT2D eigenvalue weighted by Gasteiger charge is 2.32. The molecule has 0 bridgehead atoms. The molecule has 1 aromatic carbocycles. The van der Waals surface area contributed by atoms with Gasteiger partial charge in [0.25, 0.3) is 0 Å². The maximum absolute atomic E-state index is 12.3. The highest BCUT2D eigenvalue weighted by molar-refractivity contribution is 9.10. The molecule has 1 fully saturated rings. The average Bonchev–Trinajstić information content (AvgIpc) is 3.13. The molecule has 0 radical (unpaired) electrons. The maximum Gasteiger partial charge on any atom is 0.246 e. The molecule has 1 atom stereocenters. The van der Waals surface area contributed by atoms with E-state index in [1.165, 1.54) is 9.70 Å². The topological polar surface area (TPSA) is 98.1 Å². The molecule has 0 saturated carbocycles. The summed E-state index contributed by atoms with van der Waals surface area (Å²) in [5.74, 6) is 0.340. The van der Waals surface area contributed by atoms with E-state index in [0.29, 0.717) is 12.2 Å². The van der Waals surface area contributed by atoms with Crippen LogP contribution in [0.1, 0.15) is 6.42 Å². The molecule has 0 N–H and O–H groups in total. The SMILES string of the molecule is CN(C(=O)Cn1nnc(-c2ccc(Br)cc2)n1)[C@@H]1CCS(=O)(=O)C1. The fourth-order valence-electron chi connectivity index (χ4n) is 2.54. The highest BCUT2D eigenvalue weighted by Crippen LogP contribution is 2.18. The van der Waals surface area contributed by atoms with E-state index in [9.17, 15) is 13.2 Å². The number of rotatable bonds is 4. The van der Waals surface area contributed by atoms with Gasteiger partial charge >= 0.3 is 0 Å². The first-order valence-electron chi connectivity index (χ1n) is 7.34. The van der Waals surface area contributed by atoms with Gasteiger partial charge in [0.15, 0.2) is 9.84 Å². The van der Waals surface area contributed by atoms with Crippen molar-refractivity contribution in [3.05, 3.63) is 28.7 Å². The zero-order valence-corrected chi connectivity index (χ0v) is 15.4. The maximum atomic E-state index is 12.3. The number of likely N-dealkylation sites (N-methyl/N-ethyl adjacent to an activating group) is 1. The van der Waals surface area contributed by atoms with Crippen LogP contribution < -0.4 is 0 Å². The summed E-state index contributed by atoms with van der Waals surface area (Å²) in [7, 11) is -1.42. The summed E-state index contributed by atoms with van der Waals surface area (Å²) in [4.78, 5) is 15.0. The van der Waals surface area contributed by atoms with E-state index in [0.717, 1.165) is 10.0 Å². The number of aromatic nitrogens is 4. The Bertz CT molecular complexity index is 850. The summed E-state index contributed by atoms with van der Waals surface area (Å²) in [6, 6.07) is 7.16. The number of hydrogen-bond acceptors (Lipinski definition) is 6. The minimum absolute atomic E-state index is 0.0180. The lowest BCUT2D eigenvalue weighted by molar-refractivity contribution is -0.132. The monoisotopic (exact) mass is 413 g/mol. The van der Waals surface area contributed by atoms with Crippen molar-refractivity contribution < 1.29 is 13.2 Å². The Balaban J connectivity index is 1.66. The average molecular weight is 414 g/mol. The molecule has 1 aliphatic heterocycles. The zero-order chi connectivity index (χ0) is 17.3. The summed E-state index contributed by atoms with van der Waals surface area (Å²) in [6.07, 6.45) is 0.472. The first kappa shape index (κ1) is 17.0. The second-order valence-electron chi connectivity index (χ2n) is 5.71. The normalized spacial score (nSPS) is 19.3. The molecule has 2 heterocycles. The van der Waals surface area contributed by atoms with Gasteiger partial charge in [0.05, 0.1) is 11.5 Å². The van der Waals surface area contributed by atoms with E-state index in [4.69, 9.17) is 0 Å². The second kappa shape index (κ2) is 6.60. The highest BCUT2D eigenvalue weighted by atomic mass is 79.9. The van der Waals surface area contributed by atoms with Crippen molar-refractivity contribution in [2.75, 3.05) is 18.6 Å². The summed E-state index contributed by atoms with van der Waals surface area (Å²) in [6.45, 7) is -0.0728. The molecule has 3 rings (SSSR count). The van der Waals surface area contributed by atoms with Crippen LogP contribution in [0.5, 0.6) is 0 Å². The van der Waals surface area contributed by atoms with Crippen LogP contribution in [0.15, 0.2) is 28.7 Å². The van der Waals surface area contributed by atoms with Crippen molar-refractivity contribution in [2.24, 2.45) is 0 Å². The number of amides is 1. The number of sulfone groups is 1. The molecule has 1 amide bonds. The number of carbonyl (C=O) groups excluding carboxylic acids is 1. The summed E-state index contributed by atoms with van der Waals surface area (Å²) in [5.41, 5.74) is 0.798. The predicted octanol–water partition coefficient (Wildman–Crippen LogP) is 0.748. The third-order valence-corrected chi connectivity index (χ3v) is 6.26. The van der Waals surface area contributed by atoms with Gasteiger partial charge in [-0.15, -0.1) is 10.2 Å². The van der Waals surface area contributed by atoms with Gasteiger partial charge in [-0.05, 0) is 35.9 Å². The molecule has 2 aromatic rings. The molecule has 24 heavy (non-hydrogen) atoms. The van der Waals surface area contributed by atoms with Crippen LogP contribution in [-0.2, 0) is 21.2 Å². The molecule has 128 valence electrons. The number of tetrazole rings is 1. The van der Waals surface area contributed by atoms with Gasteiger partial charge in [0.1, 0.15) is 6.54 Å². The van der Waals surface area contributed by atoms with Gasteiger partial charge in [-0.3, -0.25) is 4.79 Å². The molecular formula is C14H16BrN5O3S. The molecule has 1 aliphatic rings. The zero-order valence-electron chi connectivity index (χ0n) is 13.0. The van der Waals surface area contributed by atoms with Crippen LogP contribution in [0, 0.1) is 0 Å². The van der Waals surface area contributed by atoms with Crippen LogP contribution >= 0.6 is 15.9 Å². The van der Waals surface area contributed by atoms with E-state index < -0.39 is 9.84 Å². The Morgan fingerprint density at radius 1 is 1.38 bits per heavy atom. The summed E-state index contributed by atoms with van der Waals surface area (Å²) < 4.78 is 24.0. The van der Waals surface area contributed by atoms with Gasteiger partial charge in [-0.1, -0.05) is 15.9 Å². The number of hydrogen-bond donors (Lipinski definition) is 0. The Kier molecular flexibility index (Phi) is 4.68. The number of benzene rings is 1. The first-order chi connectivity index (χ1) is 11.3. The Morgan fingerprint density at radius 2 is 2.08 bits per heavy atom. The van der Waals surface area contributed by atoms with Crippen LogP contribution in [0.4, 0.5) is 0 Å². The molecule has 0 spiro atoms. The predicted molar refractivity (Wildman–Crippen MR) is 90.8 cm³/mol. The van der Waals surface area contributed by atoms with Crippen molar-refractivity contribution in [1.82, 2.24) is 25.1 Å². The van der Waals surface area contributed by atoms with E-state index in [-0.39, 0.29) is 30.0 Å². The molecule has 0 aliphatic carbocycles. The summed E-state index contributed by atoms with van der Waals surface area (Å²) >= 11 is 3.36. The summed E-state index contributed by atoms with van der Waals surface area (Å²) in [5, 5.41) is 12.0. The van der Waals surface area contributed by atoms with Gasteiger partial charge in [-0.25, -0.2) is 8.42 Å². The molecule has 1 saturated heterocycles. The number of halogens is 1. The smallest absolute Gasteiger partial charge is 0.246 e. The van der Waals surface area contributed by atoms with Crippen molar-refractivity contribution in [2.45, 2.75) is 19.0 Å². The van der Waals surface area contributed by atoms with Gasteiger partial charge in [0, 0.05) is 23.1 Å². The first-order valence-corrected chi connectivity index (χ1v) is 9.95. The van der Waals surface area contributed by atoms with E-state index >= 15 is 0 Å². The molecule has 0 unspecified atom stereocenters. The minimum atomic E-state index is -3.03. The van der Waals surface area contributed by atoms with Gasteiger partial charge in [0.2, 0.25) is 11.7 Å². The van der Waals surface area contributed by atoms with Gasteiger partial charge in [-0.2, -0.15) is 4.80 Å². The van der Waals surface area contributed by atoms with Crippen LogP contribution in [0.2, 0.25) is 0 Å². The quantitative estimate of drug-likeness (QED) is 0.733. The number of carbonyl (C=O) groups is 1. The lowest BCUT2D eigenvalue weighted by Gasteiger charge is -2.22. The molecular weight excluding hydrogens is 398 g/mol. The van der Waals surface area contributed by atoms with Crippen molar-refractivity contribution >= 4 is 31.7 Å². The van der Waals surface area contributed by atoms with Crippen molar-refractivity contribution in [3.8, 4) is 11.4 Å². The third kappa shape index (κ3) is 3.81. The molecule has 1 aromatic heterocycles. The molecule has 10 heteroatoms. The fraction of sp³-hybridized carbons (Fsp3) is 0.429. The van der Waals surface area contributed by atoms with Crippen LogP contribution in [0.3, 0.4) is 0 Å². The Labute approximate surface area is 147 Å². The fourth-order valence-corrected chi connectivity index (χ4v) is 4.58. The van der Waals surface area contributed by atoms with E-state index in [1.54, 1.807) is 7.05 Å². The lowest BCUT2D eigenvalue weighted by Crippen LogP contribution is -2.40. The van der Waals surface area contributed by atoms with E-state index in [2.05, 4.69) is 31.3 Å². The van der Waals surface area contributed by atoms with Gasteiger partial charge < -0.3 is 4.90 Å². The lowest BCUT2D eigenvalue weighted by atomic mass is 10.2. The van der Waals surface area contributed by atoms with Crippen molar-refractivity contribution in [1.29, 1.82) is 0 Å². The van der Waals surface area contributed by atoms with Crippen molar-refractivity contribution in [3.63, 3.8) is 0 Å². The third-order valence-electron chi connectivity index (χ3n) is 3.98. The second-order valence-corrected chi connectivity index (χ2v) is 8.86. The largest absolute Gasteiger partial charge is 0.340 e. The number of nitrogens with zero attached hydrogens (tertiary/aromatic N) is 5. The van der Waals surface area contributed by atoms with E-state index in [1.807, 2.05) is 24.3 Å². The Morgan fingerprint density at radius 3 is 2.71 bits per heavy atom. The minimum Gasteiger partial charge on any atom is -0.340 e.